The van der Waals surface area contributed by atoms with Gasteiger partial charge >= 0.3 is 0 Å². The molecule has 0 aliphatic carbocycles. The fraction of sp³-hybridized carbons (Fsp3) is 0.125. The molecule has 5 nitrogen and oxygen atoms in total. The molecule has 0 atom stereocenters. The second-order valence-corrected chi connectivity index (χ2v) is 6.12. The topological polar surface area (TPSA) is 60.7 Å². The zero-order chi connectivity index (χ0) is 15.3. The maximum Gasteiger partial charge on any atom is 0.275 e. The van der Waals surface area contributed by atoms with E-state index >= 15 is 0 Å². The number of hydrogen-bond acceptors (Lipinski definition) is 5. The number of thiophene rings is 1. The second-order valence-electron chi connectivity index (χ2n) is 5.13. The van der Waals surface area contributed by atoms with E-state index in [2.05, 4.69) is 15.2 Å². The van der Waals surface area contributed by atoms with Gasteiger partial charge in [-0.15, -0.1) is 16.4 Å². The van der Waals surface area contributed by atoms with Crippen molar-refractivity contribution in [1.29, 1.82) is 0 Å². The Balaban J connectivity index is 2.11. The van der Waals surface area contributed by atoms with Crippen molar-refractivity contribution in [1.82, 2.24) is 19.7 Å². The van der Waals surface area contributed by atoms with Crippen molar-refractivity contribution in [3.8, 4) is 5.69 Å². The van der Waals surface area contributed by atoms with E-state index in [9.17, 15) is 4.79 Å². The molecule has 0 saturated heterocycles. The van der Waals surface area contributed by atoms with E-state index in [1.165, 1.54) is 11.3 Å². The summed E-state index contributed by atoms with van der Waals surface area (Å²) < 4.78 is 2.18. The number of nitrogens with zero attached hydrogens (tertiary/aromatic N) is 4. The lowest BCUT2D eigenvalue weighted by Crippen LogP contribution is -2.17. The molecule has 0 aliphatic rings. The molecule has 0 fully saturated rings. The largest absolute Gasteiger partial charge is 0.275 e. The van der Waals surface area contributed by atoms with Crippen molar-refractivity contribution >= 4 is 31.8 Å². The van der Waals surface area contributed by atoms with Crippen LogP contribution in [-0.2, 0) is 0 Å². The fourth-order valence-electron chi connectivity index (χ4n) is 2.51. The average molecular weight is 308 g/mol. The summed E-state index contributed by atoms with van der Waals surface area (Å²) in [7, 11) is 0. The third-order valence-electron chi connectivity index (χ3n) is 3.82. The van der Waals surface area contributed by atoms with Gasteiger partial charge in [0.15, 0.2) is 0 Å². The van der Waals surface area contributed by atoms with E-state index in [-0.39, 0.29) is 5.56 Å². The Bertz CT molecular complexity index is 1070. The van der Waals surface area contributed by atoms with Crippen molar-refractivity contribution < 1.29 is 0 Å². The minimum atomic E-state index is -0.0729. The summed E-state index contributed by atoms with van der Waals surface area (Å²) in [6, 6.07) is 9.49. The molecule has 0 aliphatic heterocycles. The number of hydrogen-bond donors (Lipinski definition) is 0. The highest BCUT2D eigenvalue weighted by Gasteiger charge is 2.16. The summed E-state index contributed by atoms with van der Waals surface area (Å²) >= 11 is 1.35. The molecule has 3 heterocycles. The van der Waals surface area contributed by atoms with Crippen LogP contribution in [0.2, 0.25) is 0 Å². The van der Waals surface area contributed by atoms with Gasteiger partial charge in [-0.3, -0.25) is 9.36 Å². The Morgan fingerprint density at radius 3 is 2.64 bits per heavy atom. The number of aryl methyl sites for hydroxylation is 2. The normalized spacial score (nSPS) is 11.4. The van der Waals surface area contributed by atoms with Crippen molar-refractivity contribution in [3.05, 3.63) is 58.3 Å². The standard InChI is InChI=1S/C16H12N4OS/c1-9-10(2)18-19-15-12(9)13-14(22-15)16(21)20(8-17-13)11-6-4-3-5-7-11/h3-8H,1-2H3. The number of benzene rings is 1. The molecule has 3 aromatic heterocycles. The van der Waals surface area contributed by atoms with Crippen LogP contribution >= 0.6 is 11.3 Å². The molecule has 0 unspecified atom stereocenters. The lowest BCUT2D eigenvalue weighted by molar-refractivity contribution is 0.967. The van der Waals surface area contributed by atoms with Crippen LogP contribution in [0.15, 0.2) is 41.5 Å². The van der Waals surface area contributed by atoms with Crippen LogP contribution in [0.5, 0.6) is 0 Å². The Hall–Kier alpha value is -2.60. The highest BCUT2D eigenvalue weighted by Crippen LogP contribution is 2.31. The lowest BCUT2D eigenvalue weighted by atomic mass is 10.1. The molecule has 108 valence electrons. The fourth-order valence-corrected chi connectivity index (χ4v) is 3.58. The van der Waals surface area contributed by atoms with Crippen molar-refractivity contribution in [2.24, 2.45) is 0 Å². The first-order valence-electron chi connectivity index (χ1n) is 6.86. The third kappa shape index (κ3) is 1.77. The van der Waals surface area contributed by atoms with Crippen LogP contribution in [0.25, 0.3) is 26.1 Å². The second kappa shape index (κ2) is 4.71. The van der Waals surface area contributed by atoms with Gasteiger partial charge in [0.25, 0.3) is 5.56 Å². The summed E-state index contributed by atoms with van der Waals surface area (Å²) in [6.07, 6.45) is 1.58. The van der Waals surface area contributed by atoms with Crippen LogP contribution in [0, 0.1) is 13.8 Å². The number of fused-ring (bicyclic) bond motifs is 3. The van der Waals surface area contributed by atoms with Gasteiger partial charge in [-0.05, 0) is 31.5 Å². The van der Waals surface area contributed by atoms with E-state index in [0.29, 0.717) is 10.2 Å². The molecule has 4 aromatic rings. The Morgan fingerprint density at radius 2 is 1.86 bits per heavy atom. The SMILES string of the molecule is Cc1nnc2sc3c(=O)n(-c4ccccc4)cnc3c2c1C. The summed E-state index contributed by atoms with van der Waals surface area (Å²) in [5.41, 5.74) is 3.34. The van der Waals surface area contributed by atoms with E-state index in [1.807, 2.05) is 44.2 Å². The van der Waals surface area contributed by atoms with Gasteiger partial charge < -0.3 is 0 Å². The molecular weight excluding hydrogens is 296 g/mol. The van der Waals surface area contributed by atoms with Gasteiger partial charge in [-0.1, -0.05) is 18.2 Å². The zero-order valence-corrected chi connectivity index (χ0v) is 12.9. The summed E-state index contributed by atoms with van der Waals surface area (Å²) in [5.74, 6) is 0. The predicted octanol–water partition coefficient (Wildman–Crippen LogP) is 3.01. The smallest absolute Gasteiger partial charge is 0.267 e. The molecule has 0 bridgehead atoms. The highest BCUT2D eigenvalue weighted by atomic mass is 32.1. The molecule has 4 rings (SSSR count). The first-order chi connectivity index (χ1) is 10.7. The van der Waals surface area contributed by atoms with Crippen LogP contribution in [-0.4, -0.2) is 19.7 Å². The Kier molecular flexibility index (Phi) is 2.80. The highest BCUT2D eigenvalue weighted by molar-refractivity contribution is 7.25. The van der Waals surface area contributed by atoms with Crippen molar-refractivity contribution in [2.45, 2.75) is 13.8 Å². The molecule has 0 saturated carbocycles. The Labute approximate surface area is 129 Å². The summed E-state index contributed by atoms with van der Waals surface area (Å²) in [5, 5.41) is 9.27. The van der Waals surface area contributed by atoms with Gasteiger partial charge in [0.2, 0.25) is 0 Å². The molecule has 6 heteroatoms. The number of aromatic nitrogens is 4. The van der Waals surface area contributed by atoms with E-state index < -0.39 is 0 Å². The molecular formula is C16H12N4OS. The molecule has 0 radical (unpaired) electrons. The van der Waals surface area contributed by atoms with E-state index in [1.54, 1.807) is 10.9 Å². The summed E-state index contributed by atoms with van der Waals surface area (Å²) in [6.45, 7) is 3.90. The quantitative estimate of drug-likeness (QED) is 0.542. The van der Waals surface area contributed by atoms with Gasteiger partial charge in [0.1, 0.15) is 15.9 Å². The van der Waals surface area contributed by atoms with Crippen molar-refractivity contribution in [2.75, 3.05) is 0 Å². The average Bonchev–Trinajstić information content (AvgIpc) is 2.92. The Morgan fingerprint density at radius 1 is 1.09 bits per heavy atom. The van der Waals surface area contributed by atoms with Gasteiger partial charge in [0.05, 0.1) is 16.9 Å². The van der Waals surface area contributed by atoms with Crippen molar-refractivity contribution in [3.63, 3.8) is 0 Å². The zero-order valence-electron chi connectivity index (χ0n) is 12.1. The number of rotatable bonds is 1. The van der Waals surface area contributed by atoms with Gasteiger partial charge in [-0.2, -0.15) is 5.10 Å². The first kappa shape index (κ1) is 13.1. The van der Waals surface area contributed by atoms with Crippen LogP contribution in [0.4, 0.5) is 0 Å². The maximum absolute atomic E-state index is 12.8. The predicted molar refractivity (Wildman–Crippen MR) is 87.8 cm³/mol. The minimum absolute atomic E-state index is 0.0729. The minimum Gasteiger partial charge on any atom is -0.267 e. The van der Waals surface area contributed by atoms with E-state index in [4.69, 9.17) is 0 Å². The third-order valence-corrected chi connectivity index (χ3v) is 4.87. The first-order valence-corrected chi connectivity index (χ1v) is 7.67. The molecule has 1 aromatic carbocycles. The lowest BCUT2D eigenvalue weighted by Gasteiger charge is -2.04. The van der Waals surface area contributed by atoms with Crippen LogP contribution < -0.4 is 5.56 Å². The molecule has 0 amide bonds. The molecule has 0 spiro atoms. The summed E-state index contributed by atoms with van der Waals surface area (Å²) in [4.78, 5) is 18.1. The van der Waals surface area contributed by atoms with Gasteiger partial charge in [-0.25, -0.2) is 4.98 Å². The van der Waals surface area contributed by atoms with E-state index in [0.717, 1.165) is 27.2 Å². The maximum atomic E-state index is 12.8. The van der Waals surface area contributed by atoms with Crippen LogP contribution in [0.3, 0.4) is 0 Å². The van der Waals surface area contributed by atoms with Gasteiger partial charge in [0, 0.05) is 5.39 Å². The monoisotopic (exact) mass is 308 g/mol. The molecule has 0 N–H and O–H groups in total. The molecule has 22 heavy (non-hydrogen) atoms. The van der Waals surface area contributed by atoms with Crippen LogP contribution in [0.1, 0.15) is 11.3 Å². The number of para-hydroxylation sites is 1.